The molecule has 4 aliphatic heterocycles. The standard InChI is InChI=1S/C38H42N6O6S/c1-6-12-48-34-20(3)35-36(50-18-49-35)30-24(34)15-26-31-29-22(13-19(2)33(47-5)32(29)45)14-25(43-31)27(16-39)44(26)28(30)17-40-37(46)21(4)41-38(51)42-23-10-8-7-9-11-23/h6-11,13,21,25-28,31,43,45H,1,12,14-15,17-18H2,2-5H3,(H,40,46)(H2,41,42,51)/t21-,25-,26?,27-,28-,31-/m0/s1. The normalized spacial score (nSPS) is 23.0. The number of nitrogens with one attached hydrogen (secondary N) is 4. The highest BCUT2D eigenvalue weighted by Gasteiger charge is 2.54. The zero-order valence-electron chi connectivity index (χ0n) is 29.0. The van der Waals surface area contributed by atoms with Crippen LogP contribution in [-0.2, 0) is 17.6 Å². The zero-order chi connectivity index (χ0) is 36.0. The number of aryl methyl sites for hydroxylation is 1. The molecule has 7 rings (SSSR count). The van der Waals surface area contributed by atoms with E-state index in [0.29, 0.717) is 41.0 Å². The smallest absolute Gasteiger partial charge is 0.242 e. The molecule has 0 spiro atoms. The van der Waals surface area contributed by atoms with Crippen LogP contribution in [0.2, 0.25) is 0 Å². The molecular formula is C38H42N6O6S. The highest BCUT2D eigenvalue weighted by atomic mass is 32.1. The number of aromatic hydroxyl groups is 1. The number of hydrogen-bond acceptors (Lipinski definition) is 10. The van der Waals surface area contributed by atoms with Crippen molar-refractivity contribution >= 4 is 28.9 Å². The second kappa shape index (κ2) is 13.9. The molecule has 2 bridgehead atoms. The van der Waals surface area contributed by atoms with E-state index in [1.807, 2.05) is 44.2 Å². The molecule has 13 heteroatoms. The number of ether oxygens (including phenoxy) is 4. The number of thiocarbonyl (C=S) groups is 1. The van der Waals surface area contributed by atoms with Crippen LogP contribution in [0, 0.1) is 25.2 Å². The third kappa shape index (κ3) is 5.97. The van der Waals surface area contributed by atoms with E-state index >= 15 is 0 Å². The van der Waals surface area contributed by atoms with E-state index in [4.69, 9.17) is 31.2 Å². The van der Waals surface area contributed by atoms with Gasteiger partial charge in [0.05, 0.1) is 25.3 Å². The molecule has 1 unspecified atom stereocenters. The van der Waals surface area contributed by atoms with Crippen molar-refractivity contribution < 1.29 is 28.8 Å². The molecule has 4 heterocycles. The van der Waals surface area contributed by atoms with Crippen LogP contribution < -0.4 is 40.2 Å². The number of carbonyl (C=O) groups is 1. The number of nitriles is 1. The van der Waals surface area contributed by atoms with Gasteiger partial charge in [-0.15, -0.1) is 0 Å². The monoisotopic (exact) mass is 710 g/mol. The summed E-state index contributed by atoms with van der Waals surface area (Å²) in [6.07, 6.45) is 2.69. The lowest BCUT2D eigenvalue weighted by Gasteiger charge is -2.56. The lowest BCUT2D eigenvalue weighted by atomic mass is 9.72. The first-order valence-corrected chi connectivity index (χ1v) is 17.5. The Bertz CT molecular complexity index is 1930. The lowest BCUT2D eigenvalue weighted by molar-refractivity contribution is -0.123. The molecule has 51 heavy (non-hydrogen) atoms. The van der Waals surface area contributed by atoms with Gasteiger partial charge >= 0.3 is 0 Å². The number of methoxy groups -OCH3 is 1. The summed E-state index contributed by atoms with van der Waals surface area (Å²) in [4.78, 5) is 15.9. The quantitative estimate of drug-likeness (QED) is 0.160. The Morgan fingerprint density at radius 3 is 2.71 bits per heavy atom. The number of piperazine rings is 1. The molecule has 0 aromatic heterocycles. The molecule has 1 fully saturated rings. The second-order valence-corrected chi connectivity index (χ2v) is 13.8. The minimum Gasteiger partial charge on any atom is -0.504 e. The number of rotatable bonds is 9. The van der Waals surface area contributed by atoms with Crippen LogP contribution in [-0.4, -0.2) is 72.2 Å². The third-order valence-corrected chi connectivity index (χ3v) is 10.6. The van der Waals surface area contributed by atoms with Gasteiger partial charge in [0.2, 0.25) is 12.7 Å². The molecule has 3 aromatic rings. The van der Waals surface area contributed by atoms with Gasteiger partial charge < -0.3 is 45.3 Å². The summed E-state index contributed by atoms with van der Waals surface area (Å²) in [6.45, 7) is 9.92. The summed E-state index contributed by atoms with van der Waals surface area (Å²) in [7, 11) is 1.55. The maximum Gasteiger partial charge on any atom is 0.242 e. The Morgan fingerprint density at radius 1 is 1.22 bits per heavy atom. The van der Waals surface area contributed by atoms with Crippen molar-refractivity contribution in [1.82, 2.24) is 20.9 Å². The fraction of sp³-hybridized carbons (Fsp3) is 0.395. The van der Waals surface area contributed by atoms with Crippen molar-refractivity contribution in [2.45, 2.75) is 69.9 Å². The van der Waals surface area contributed by atoms with Gasteiger partial charge in [0.25, 0.3) is 0 Å². The molecular weight excluding hydrogens is 669 g/mol. The van der Waals surface area contributed by atoms with E-state index in [1.165, 1.54) is 0 Å². The van der Waals surface area contributed by atoms with E-state index in [2.05, 4.69) is 44.9 Å². The van der Waals surface area contributed by atoms with Gasteiger partial charge in [0.15, 0.2) is 28.1 Å². The lowest BCUT2D eigenvalue weighted by Crippen LogP contribution is -2.68. The Balaban J connectivity index is 1.29. The van der Waals surface area contributed by atoms with E-state index in [9.17, 15) is 15.2 Å². The fourth-order valence-electron chi connectivity index (χ4n) is 8.25. The van der Waals surface area contributed by atoms with Gasteiger partial charge in [-0.2, -0.15) is 5.26 Å². The van der Waals surface area contributed by atoms with Crippen molar-refractivity contribution in [3.63, 3.8) is 0 Å². The summed E-state index contributed by atoms with van der Waals surface area (Å²) in [5.74, 6) is 2.09. The molecule has 1 saturated heterocycles. The first-order valence-electron chi connectivity index (χ1n) is 17.1. The number of nitrogens with zero attached hydrogens (tertiary/aromatic N) is 2. The van der Waals surface area contributed by atoms with Crippen LogP contribution in [0.5, 0.6) is 28.7 Å². The Hall–Kier alpha value is -5.03. The van der Waals surface area contributed by atoms with E-state index in [1.54, 1.807) is 20.1 Å². The molecule has 266 valence electrons. The van der Waals surface area contributed by atoms with Crippen molar-refractivity contribution in [3.8, 4) is 34.8 Å². The average Bonchev–Trinajstić information content (AvgIpc) is 3.61. The Morgan fingerprint density at radius 2 is 1.98 bits per heavy atom. The van der Waals surface area contributed by atoms with Gasteiger partial charge in [-0.25, -0.2) is 0 Å². The number of carbonyl (C=O) groups excluding carboxylic acids is 1. The summed E-state index contributed by atoms with van der Waals surface area (Å²) in [5, 5.41) is 35.8. The number of phenols is 1. The Kier molecular flexibility index (Phi) is 9.41. The number of para-hydroxylation sites is 1. The van der Waals surface area contributed by atoms with Crippen LogP contribution in [0.15, 0.2) is 49.1 Å². The number of amides is 1. The highest BCUT2D eigenvalue weighted by molar-refractivity contribution is 7.80. The molecule has 1 amide bonds. The van der Waals surface area contributed by atoms with Crippen LogP contribution in [0.25, 0.3) is 0 Å². The van der Waals surface area contributed by atoms with E-state index in [0.717, 1.165) is 39.1 Å². The van der Waals surface area contributed by atoms with Crippen molar-refractivity contribution in [2.75, 3.05) is 32.4 Å². The second-order valence-electron chi connectivity index (χ2n) is 13.4. The predicted octanol–water partition coefficient (Wildman–Crippen LogP) is 4.23. The van der Waals surface area contributed by atoms with Gasteiger partial charge in [-0.05, 0) is 69.1 Å². The maximum atomic E-state index is 13.7. The minimum atomic E-state index is -0.670. The molecule has 0 saturated carbocycles. The molecule has 4 aliphatic rings. The molecule has 3 aromatic carbocycles. The predicted molar refractivity (Wildman–Crippen MR) is 196 cm³/mol. The van der Waals surface area contributed by atoms with Crippen LogP contribution in [0.4, 0.5) is 5.69 Å². The van der Waals surface area contributed by atoms with Crippen molar-refractivity contribution in [2.24, 2.45) is 0 Å². The largest absolute Gasteiger partial charge is 0.504 e. The topological polar surface area (TPSA) is 149 Å². The number of fused-ring (bicyclic) bond motifs is 9. The summed E-state index contributed by atoms with van der Waals surface area (Å²) in [6, 6.07) is 11.5. The number of hydrogen-bond donors (Lipinski definition) is 5. The molecule has 0 radical (unpaired) electrons. The SMILES string of the molecule is C=CCOc1c(C)c2c(c3c1CC1[C@@H]4N[C@@H](Cc5cc(C)c(OC)c(O)c54)[C@H](C#N)N1[C@H]3CNC(=O)[C@H](C)NC(=S)Nc1ccccc1)OCO2. The first-order chi connectivity index (χ1) is 24.7. The van der Waals surface area contributed by atoms with Gasteiger partial charge in [0.1, 0.15) is 24.4 Å². The van der Waals surface area contributed by atoms with Gasteiger partial charge in [-0.1, -0.05) is 36.9 Å². The number of phenolic OH excluding ortho intramolecular Hbond substituents is 1. The van der Waals surface area contributed by atoms with Crippen LogP contribution >= 0.6 is 12.2 Å². The van der Waals surface area contributed by atoms with Crippen molar-refractivity contribution in [3.05, 3.63) is 82.4 Å². The number of anilines is 1. The molecule has 5 N–H and O–H groups in total. The van der Waals surface area contributed by atoms with Crippen molar-refractivity contribution in [1.29, 1.82) is 5.26 Å². The Labute approximate surface area is 302 Å². The minimum absolute atomic E-state index is 0.0394. The third-order valence-electron chi connectivity index (χ3n) is 10.3. The zero-order valence-corrected chi connectivity index (χ0v) is 29.9. The molecule has 0 aliphatic carbocycles. The molecule has 12 nitrogen and oxygen atoms in total. The molecule has 6 atom stereocenters. The number of benzene rings is 3. The van der Waals surface area contributed by atoms with Crippen LogP contribution in [0.3, 0.4) is 0 Å². The average molecular weight is 711 g/mol. The van der Waals surface area contributed by atoms with Crippen LogP contribution in [0.1, 0.15) is 52.4 Å². The van der Waals surface area contributed by atoms with E-state index in [-0.39, 0.29) is 49.7 Å². The van der Waals surface area contributed by atoms with Gasteiger partial charge in [-0.3, -0.25) is 9.69 Å². The first kappa shape index (κ1) is 34.4. The summed E-state index contributed by atoms with van der Waals surface area (Å²) < 4.78 is 24.1. The highest BCUT2D eigenvalue weighted by Crippen LogP contribution is 2.56. The summed E-state index contributed by atoms with van der Waals surface area (Å²) >= 11 is 5.50. The summed E-state index contributed by atoms with van der Waals surface area (Å²) in [5.41, 5.74) is 5.91. The maximum absolute atomic E-state index is 13.7. The van der Waals surface area contributed by atoms with E-state index < -0.39 is 18.1 Å². The fourth-order valence-corrected chi connectivity index (χ4v) is 8.55. The van der Waals surface area contributed by atoms with Gasteiger partial charge in [0, 0.05) is 46.6 Å².